The first-order valence-electron chi connectivity index (χ1n) is 3.36. The molecule has 0 saturated carbocycles. The largest absolute Gasteiger partial charge is 0.442 e. The van der Waals surface area contributed by atoms with Crippen LogP contribution in [0.5, 0.6) is 0 Å². The van der Waals surface area contributed by atoms with E-state index >= 15 is 0 Å². The molecule has 62 valence electrons. The molecule has 5 heteroatoms. The first-order chi connectivity index (χ1) is 5.66. The number of fused-ring (bicyclic) bond motifs is 1. The molecule has 12 heavy (non-hydrogen) atoms. The molecule has 0 spiro atoms. The summed E-state index contributed by atoms with van der Waals surface area (Å²) in [6.45, 7) is 1.81. The minimum Gasteiger partial charge on any atom is -0.442 e. The number of nitrogens with zero attached hydrogens (tertiary/aromatic N) is 2. The second-order valence-electron chi connectivity index (χ2n) is 2.45. The molecule has 2 aromatic rings. The van der Waals surface area contributed by atoms with Crippen LogP contribution >= 0.6 is 11.6 Å². The lowest BCUT2D eigenvalue weighted by Gasteiger charge is -1.93. The van der Waals surface area contributed by atoms with Crippen molar-refractivity contribution in [2.45, 2.75) is 6.92 Å². The molecular weight excluding hydrogens is 178 g/mol. The van der Waals surface area contributed by atoms with Crippen molar-refractivity contribution in [3.05, 3.63) is 17.0 Å². The van der Waals surface area contributed by atoms with Gasteiger partial charge in [-0.05, 0) is 6.92 Å². The van der Waals surface area contributed by atoms with Crippen molar-refractivity contribution < 1.29 is 4.42 Å². The van der Waals surface area contributed by atoms with E-state index in [1.165, 1.54) is 0 Å². The molecule has 2 rings (SSSR count). The van der Waals surface area contributed by atoms with E-state index in [9.17, 15) is 0 Å². The maximum atomic E-state index is 5.64. The molecule has 0 aliphatic carbocycles. The molecule has 0 atom stereocenters. The van der Waals surface area contributed by atoms with E-state index in [0.717, 1.165) is 5.76 Å². The quantitative estimate of drug-likeness (QED) is 0.676. The van der Waals surface area contributed by atoms with Gasteiger partial charge in [-0.1, -0.05) is 11.6 Å². The predicted octanol–water partition coefficient (Wildman–Crippen LogP) is 1.77. The monoisotopic (exact) mass is 183 g/mol. The van der Waals surface area contributed by atoms with Crippen LogP contribution in [0.25, 0.3) is 11.2 Å². The Labute approximate surface area is 73.4 Å². The normalized spacial score (nSPS) is 10.8. The van der Waals surface area contributed by atoms with Crippen molar-refractivity contribution >= 4 is 28.6 Å². The minimum absolute atomic E-state index is 0.178. The Bertz CT molecular complexity index is 398. The van der Waals surface area contributed by atoms with Crippen LogP contribution in [-0.4, -0.2) is 9.97 Å². The third kappa shape index (κ3) is 1.00. The van der Waals surface area contributed by atoms with Gasteiger partial charge in [-0.2, -0.15) is 4.98 Å². The molecule has 0 aliphatic rings. The summed E-state index contributed by atoms with van der Waals surface area (Å²) in [4.78, 5) is 7.89. The van der Waals surface area contributed by atoms with E-state index in [0.29, 0.717) is 11.2 Å². The Hall–Kier alpha value is -1.29. The zero-order valence-corrected chi connectivity index (χ0v) is 7.09. The lowest BCUT2D eigenvalue weighted by atomic mass is 10.4. The highest BCUT2D eigenvalue weighted by Gasteiger charge is 2.06. The van der Waals surface area contributed by atoms with E-state index in [1.54, 1.807) is 6.07 Å². The van der Waals surface area contributed by atoms with Crippen LogP contribution in [0.15, 0.2) is 10.5 Å². The number of rotatable bonds is 0. The number of anilines is 1. The summed E-state index contributed by atoms with van der Waals surface area (Å²) in [6, 6.07) is 1.76. The van der Waals surface area contributed by atoms with Crippen molar-refractivity contribution in [3.63, 3.8) is 0 Å². The summed E-state index contributed by atoms with van der Waals surface area (Å²) in [5, 5.41) is 0.178. The van der Waals surface area contributed by atoms with Gasteiger partial charge in [0.1, 0.15) is 11.3 Å². The van der Waals surface area contributed by atoms with Gasteiger partial charge < -0.3 is 10.2 Å². The van der Waals surface area contributed by atoms with Gasteiger partial charge in [0.25, 0.3) is 0 Å². The Morgan fingerprint density at radius 1 is 1.50 bits per heavy atom. The van der Waals surface area contributed by atoms with E-state index in [1.807, 2.05) is 6.92 Å². The van der Waals surface area contributed by atoms with Crippen LogP contribution in [0.3, 0.4) is 0 Å². The average molecular weight is 184 g/mol. The molecule has 2 N–H and O–H groups in total. The van der Waals surface area contributed by atoms with Gasteiger partial charge in [0.05, 0.1) is 0 Å². The minimum atomic E-state index is 0.178. The molecule has 0 saturated heterocycles. The standard InChI is InChI=1S/C7H6ClN3O/c1-3-2-4-7(12-3)11-5(8)6(9)10-4/h2H,1H3,(H2,9,10). The summed E-state index contributed by atoms with van der Waals surface area (Å²) in [7, 11) is 0. The average Bonchev–Trinajstić information content (AvgIpc) is 2.30. The summed E-state index contributed by atoms with van der Waals surface area (Å²) >= 11 is 5.64. The third-order valence-electron chi connectivity index (χ3n) is 1.47. The summed E-state index contributed by atoms with van der Waals surface area (Å²) < 4.78 is 5.19. The zero-order chi connectivity index (χ0) is 8.72. The van der Waals surface area contributed by atoms with Gasteiger partial charge in [0.15, 0.2) is 11.0 Å². The van der Waals surface area contributed by atoms with Crippen LogP contribution in [0.1, 0.15) is 5.76 Å². The maximum Gasteiger partial charge on any atom is 0.246 e. The lowest BCUT2D eigenvalue weighted by Crippen LogP contribution is -1.92. The molecule has 4 nitrogen and oxygen atoms in total. The molecule has 2 heterocycles. The first-order valence-corrected chi connectivity index (χ1v) is 3.74. The van der Waals surface area contributed by atoms with Crippen molar-refractivity contribution in [3.8, 4) is 0 Å². The Kier molecular flexibility index (Phi) is 1.44. The fourth-order valence-corrected chi connectivity index (χ4v) is 1.09. The molecule has 0 unspecified atom stereocenters. The highest BCUT2D eigenvalue weighted by atomic mass is 35.5. The van der Waals surface area contributed by atoms with Crippen molar-refractivity contribution in [1.82, 2.24) is 9.97 Å². The highest BCUT2D eigenvalue weighted by Crippen LogP contribution is 2.20. The Morgan fingerprint density at radius 2 is 2.25 bits per heavy atom. The SMILES string of the molecule is Cc1cc2nc(N)c(Cl)nc2o1. The molecule has 0 fully saturated rings. The van der Waals surface area contributed by atoms with Gasteiger partial charge >= 0.3 is 0 Å². The summed E-state index contributed by atoms with van der Waals surface area (Å²) in [6.07, 6.45) is 0. The Balaban J connectivity index is 2.83. The van der Waals surface area contributed by atoms with E-state index in [2.05, 4.69) is 9.97 Å². The van der Waals surface area contributed by atoms with Gasteiger partial charge in [0, 0.05) is 6.07 Å². The molecular formula is C7H6ClN3O. The molecule has 0 radical (unpaired) electrons. The second kappa shape index (κ2) is 2.35. The van der Waals surface area contributed by atoms with E-state index < -0.39 is 0 Å². The predicted molar refractivity (Wildman–Crippen MR) is 46.0 cm³/mol. The van der Waals surface area contributed by atoms with Crippen LogP contribution in [0.2, 0.25) is 5.15 Å². The van der Waals surface area contributed by atoms with Crippen LogP contribution < -0.4 is 5.73 Å². The first kappa shape index (κ1) is 7.36. The fraction of sp³-hybridized carbons (Fsp3) is 0.143. The number of nitrogens with two attached hydrogens (primary N) is 1. The van der Waals surface area contributed by atoms with Crippen molar-refractivity contribution in [1.29, 1.82) is 0 Å². The molecule has 0 aliphatic heterocycles. The number of aromatic nitrogens is 2. The number of halogens is 1. The van der Waals surface area contributed by atoms with E-state index in [4.69, 9.17) is 21.8 Å². The number of furan rings is 1. The Morgan fingerprint density at radius 3 is 3.00 bits per heavy atom. The number of hydrogen-bond donors (Lipinski definition) is 1. The smallest absolute Gasteiger partial charge is 0.246 e. The van der Waals surface area contributed by atoms with Crippen LogP contribution in [-0.2, 0) is 0 Å². The molecule has 0 bridgehead atoms. The van der Waals surface area contributed by atoms with Crippen molar-refractivity contribution in [2.75, 3.05) is 5.73 Å². The fourth-order valence-electron chi connectivity index (χ4n) is 0.971. The summed E-state index contributed by atoms with van der Waals surface area (Å²) in [5.41, 5.74) is 6.50. The summed E-state index contributed by atoms with van der Waals surface area (Å²) in [5.74, 6) is 0.969. The number of nitrogen functional groups attached to an aromatic ring is 1. The maximum absolute atomic E-state index is 5.64. The van der Waals surface area contributed by atoms with Gasteiger partial charge in [0.2, 0.25) is 5.71 Å². The molecule has 0 amide bonds. The second-order valence-corrected chi connectivity index (χ2v) is 2.81. The van der Waals surface area contributed by atoms with Crippen LogP contribution in [0.4, 0.5) is 5.82 Å². The third-order valence-corrected chi connectivity index (χ3v) is 1.75. The lowest BCUT2D eigenvalue weighted by molar-refractivity contribution is 0.567. The van der Waals surface area contributed by atoms with E-state index in [-0.39, 0.29) is 11.0 Å². The van der Waals surface area contributed by atoms with Crippen molar-refractivity contribution in [2.24, 2.45) is 0 Å². The van der Waals surface area contributed by atoms with Gasteiger partial charge in [-0.25, -0.2) is 4.98 Å². The zero-order valence-electron chi connectivity index (χ0n) is 6.34. The molecule has 2 aromatic heterocycles. The number of hydrogen-bond acceptors (Lipinski definition) is 4. The van der Waals surface area contributed by atoms with Crippen LogP contribution in [0, 0.1) is 6.92 Å². The topological polar surface area (TPSA) is 64.9 Å². The van der Waals surface area contributed by atoms with Gasteiger partial charge in [-0.15, -0.1) is 0 Å². The van der Waals surface area contributed by atoms with Gasteiger partial charge in [-0.3, -0.25) is 0 Å². The highest BCUT2D eigenvalue weighted by molar-refractivity contribution is 6.31. The number of aryl methyl sites for hydroxylation is 1. The molecule has 0 aromatic carbocycles.